The summed E-state index contributed by atoms with van der Waals surface area (Å²) in [5, 5.41) is 3.47. The Kier molecular flexibility index (Phi) is 2.66. The summed E-state index contributed by atoms with van der Waals surface area (Å²) in [5.41, 5.74) is 0. The zero-order valence-electron chi connectivity index (χ0n) is 7.88. The Labute approximate surface area is 74.7 Å². The molecular formula is C10H19NO. The Morgan fingerprint density at radius 2 is 2.17 bits per heavy atom. The second-order valence-electron chi connectivity index (χ2n) is 4.12. The van der Waals surface area contributed by atoms with Crippen molar-refractivity contribution in [1.29, 1.82) is 0 Å². The van der Waals surface area contributed by atoms with Gasteiger partial charge in [0.1, 0.15) is 0 Å². The van der Waals surface area contributed by atoms with Crippen molar-refractivity contribution in [3.63, 3.8) is 0 Å². The molecule has 1 N–H and O–H groups in total. The van der Waals surface area contributed by atoms with Crippen LogP contribution >= 0.6 is 0 Å². The summed E-state index contributed by atoms with van der Waals surface area (Å²) in [6.07, 6.45) is 5.99. The topological polar surface area (TPSA) is 21.3 Å². The lowest BCUT2D eigenvalue weighted by Gasteiger charge is -2.40. The molecule has 3 atom stereocenters. The van der Waals surface area contributed by atoms with Gasteiger partial charge in [0.2, 0.25) is 0 Å². The summed E-state index contributed by atoms with van der Waals surface area (Å²) in [4.78, 5) is 0. The van der Waals surface area contributed by atoms with Gasteiger partial charge in [0, 0.05) is 19.6 Å². The second-order valence-corrected chi connectivity index (χ2v) is 4.12. The van der Waals surface area contributed by atoms with Crippen molar-refractivity contribution in [2.75, 3.05) is 20.2 Å². The molecule has 12 heavy (non-hydrogen) atoms. The van der Waals surface area contributed by atoms with Crippen LogP contribution in [0, 0.1) is 11.8 Å². The second kappa shape index (κ2) is 3.75. The van der Waals surface area contributed by atoms with Crippen molar-refractivity contribution >= 4 is 0 Å². The summed E-state index contributed by atoms with van der Waals surface area (Å²) < 4.78 is 5.52. The molecule has 70 valence electrons. The number of nitrogens with one attached hydrogen (secondary N) is 1. The van der Waals surface area contributed by atoms with E-state index in [4.69, 9.17) is 4.74 Å². The molecule has 0 aromatic carbocycles. The van der Waals surface area contributed by atoms with Crippen molar-refractivity contribution in [1.82, 2.24) is 5.32 Å². The minimum Gasteiger partial charge on any atom is -0.381 e. The van der Waals surface area contributed by atoms with Crippen molar-refractivity contribution in [3.05, 3.63) is 0 Å². The van der Waals surface area contributed by atoms with Crippen LogP contribution in [0.15, 0.2) is 0 Å². The Morgan fingerprint density at radius 3 is 3.00 bits per heavy atom. The summed E-state index contributed by atoms with van der Waals surface area (Å²) >= 11 is 0. The zero-order chi connectivity index (χ0) is 8.39. The fourth-order valence-corrected chi connectivity index (χ4v) is 2.82. The Bertz CT molecular complexity index is 140. The highest BCUT2D eigenvalue weighted by Gasteiger charge is 2.34. The zero-order valence-corrected chi connectivity index (χ0v) is 7.88. The molecule has 0 amide bonds. The van der Waals surface area contributed by atoms with Crippen molar-refractivity contribution in [3.8, 4) is 0 Å². The lowest BCUT2D eigenvalue weighted by molar-refractivity contribution is -0.0146. The Morgan fingerprint density at radius 1 is 1.25 bits per heavy atom. The van der Waals surface area contributed by atoms with Crippen molar-refractivity contribution in [2.24, 2.45) is 11.8 Å². The van der Waals surface area contributed by atoms with E-state index in [-0.39, 0.29) is 0 Å². The standard InChI is InChI=1S/C10H19NO/c1-12-10-4-2-3-8-5-6-11-7-9(8)10/h8-11H,2-7H2,1H3. The Hall–Kier alpha value is -0.0800. The molecule has 2 heteroatoms. The van der Waals surface area contributed by atoms with Gasteiger partial charge in [0.15, 0.2) is 0 Å². The maximum atomic E-state index is 5.52. The fourth-order valence-electron chi connectivity index (χ4n) is 2.82. The molecule has 0 spiro atoms. The van der Waals surface area contributed by atoms with E-state index in [1.165, 1.54) is 38.8 Å². The minimum atomic E-state index is 0.538. The van der Waals surface area contributed by atoms with Crippen LogP contribution in [0.5, 0.6) is 0 Å². The number of piperidine rings is 1. The molecule has 1 aliphatic heterocycles. The molecule has 2 nitrogen and oxygen atoms in total. The first-order valence-electron chi connectivity index (χ1n) is 5.15. The van der Waals surface area contributed by atoms with Gasteiger partial charge in [-0.25, -0.2) is 0 Å². The molecule has 0 radical (unpaired) electrons. The highest BCUT2D eigenvalue weighted by Crippen LogP contribution is 2.35. The first-order chi connectivity index (χ1) is 5.92. The summed E-state index contributed by atoms with van der Waals surface area (Å²) in [6, 6.07) is 0. The highest BCUT2D eigenvalue weighted by molar-refractivity contribution is 4.87. The minimum absolute atomic E-state index is 0.538. The van der Waals surface area contributed by atoms with Gasteiger partial charge < -0.3 is 10.1 Å². The predicted octanol–water partition coefficient (Wildman–Crippen LogP) is 1.41. The summed E-state index contributed by atoms with van der Waals surface area (Å²) in [7, 11) is 1.86. The first-order valence-corrected chi connectivity index (χ1v) is 5.15. The van der Waals surface area contributed by atoms with Crippen molar-refractivity contribution in [2.45, 2.75) is 31.8 Å². The molecular weight excluding hydrogens is 150 g/mol. The summed E-state index contributed by atoms with van der Waals surface area (Å²) in [5.74, 6) is 1.75. The number of ether oxygens (including phenoxy) is 1. The van der Waals surface area contributed by atoms with Crippen LogP contribution in [0.25, 0.3) is 0 Å². The van der Waals surface area contributed by atoms with Gasteiger partial charge in [0.25, 0.3) is 0 Å². The van der Waals surface area contributed by atoms with Gasteiger partial charge in [-0.2, -0.15) is 0 Å². The number of rotatable bonds is 1. The third-order valence-electron chi connectivity index (χ3n) is 3.52. The number of methoxy groups -OCH3 is 1. The number of hydrogen-bond donors (Lipinski definition) is 1. The SMILES string of the molecule is COC1CCCC2CCNCC21. The van der Waals surface area contributed by atoms with Gasteiger partial charge in [-0.05, 0) is 31.7 Å². The maximum Gasteiger partial charge on any atom is 0.0614 e. The number of hydrogen-bond acceptors (Lipinski definition) is 2. The molecule has 0 aromatic heterocycles. The van der Waals surface area contributed by atoms with Crippen LogP contribution in [0.2, 0.25) is 0 Å². The van der Waals surface area contributed by atoms with Crippen LogP contribution in [0.1, 0.15) is 25.7 Å². The average Bonchev–Trinajstić information content (AvgIpc) is 2.17. The molecule has 1 aliphatic carbocycles. The average molecular weight is 169 g/mol. The van der Waals surface area contributed by atoms with Gasteiger partial charge >= 0.3 is 0 Å². The predicted molar refractivity (Wildman–Crippen MR) is 49.1 cm³/mol. The van der Waals surface area contributed by atoms with Crippen LogP contribution < -0.4 is 5.32 Å². The van der Waals surface area contributed by atoms with Crippen LogP contribution in [0.3, 0.4) is 0 Å². The highest BCUT2D eigenvalue weighted by atomic mass is 16.5. The third kappa shape index (κ3) is 1.50. The molecule has 1 heterocycles. The van der Waals surface area contributed by atoms with Crippen LogP contribution in [-0.4, -0.2) is 26.3 Å². The largest absolute Gasteiger partial charge is 0.381 e. The lowest BCUT2D eigenvalue weighted by Crippen LogP contribution is -2.45. The van der Waals surface area contributed by atoms with Crippen LogP contribution in [0.4, 0.5) is 0 Å². The molecule has 1 saturated carbocycles. The first kappa shape index (κ1) is 8.52. The van der Waals surface area contributed by atoms with E-state index in [1.54, 1.807) is 0 Å². The lowest BCUT2D eigenvalue weighted by atomic mass is 9.74. The van der Waals surface area contributed by atoms with Gasteiger partial charge in [0.05, 0.1) is 6.10 Å². The molecule has 2 aliphatic rings. The third-order valence-corrected chi connectivity index (χ3v) is 3.52. The molecule has 0 aromatic rings. The van der Waals surface area contributed by atoms with E-state index in [9.17, 15) is 0 Å². The molecule has 0 bridgehead atoms. The van der Waals surface area contributed by atoms with E-state index in [1.807, 2.05) is 7.11 Å². The quantitative estimate of drug-likeness (QED) is 0.641. The monoisotopic (exact) mass is 169 g/mol. The molecule has 2 fully saturated rings. The van der Waals surface area contributed by atoms with Gasteiger partial charge in [-0.1, -0.05) is 6.42 Å². The van der Waals surface area contributed by atoms with Gasteiger partial charge in [-0.15, -0.1) is 0 Å². The summed E-state index contributed by atoms with van der Waals surface area (Å²) in [6.45, 7) is 2.40. The van der Waals surface area contributed by atoms with E-state index >= 15 is 0 Å². The normalized spacial score (nSPS) is 42.2. The van der Waals surface area contributed by atoms with Gasteiger partial charge in [-0.3, -0.25) is 0 Å². The van der Waals surface area contributed by atoms with Crippen molar-refractivity contribution < 1.29 is 4.74 Å². The fraction of sp³-hybridized carbons (Fsp3) is 1.00. The van der Waals surface area contributed by atoms with E-state index in [2.05, 4.69) is 5.32 Å². The molecule has 2 rings (SSSR count). The van der Waals surface area contributed by atoms with E-state index < -0.39 is 0 Å². The smallest absolute Gasteiger partial charge is 0.0614 e. The van der Waals surface area contributed by atoms with E-state index in [0.29, 0.717) is 6.10 Å². The molecule has 3 unspecified atom stereocenters. The maximum absolute atomic E-state index is 5.52. The van der Waals surface area contributed by atoms with E-state index in [0.717, 1.165) is 11.8 Å². The molecule has 1 saturated heterocycles. The Balaban J connectivity index is 1.99. The van der Waals surface area contributed by atoms with Crippen LogP contribution in [-0.2, 0) is 4.74 Å². The number of fused-ring (bicyclic) bond motifs is 1.